The zero-order valence-corrected chi connectivity index (χ0v) is 10.5. The normalized spacial score (nSPS) is 17.2. The van der Waals surface area contributed by atoms with Crippen LogP contribution in [-0.2, 0) is 0 Å². The minimum Gasteiger partial charge on any atom is -0.385 e. The van der Waals surface area contributed by atoms with Gasteiger partial charge in [0.1, 0.15) is 0 Å². The number of hydrogen-bond acceptors (Lipinski definition) is 3. The summed E-state index contributed by atoms with van der Waals surface area (Å²) in [5, 5.41) is 3.45. The van der Waals surface area contributed by atoms with Gasteiger partial charge < -0.3 is 10.2 Å². The van der Waals surface area contributed by atoms with Crippen molar-refractivity contribution in [3.63, 3.8) is 0 Å². The molecule has 0 spiro atoms. The number of rotatable bonds is 5. The van der Waals surface area contributed by atoms with Crippen molar-refractivity contribution in [3.05, 3.63) is 30.3 Å². The van der Waals surface area contributed by atoms with Gasteiger partial charge in [-0.15, -0.1) is 0 Å². The van der Waals surface area contributed by atoms with E-state index >= 15 is 0 Å². The van der Waals surface area contributed by atoms with Crippen molar-refractivity contribution < 1.29 is 0 Å². The molecule has 1 aromatic rings. The Morgan fingerprint density at radius 1 is 1.12 bits per heavy atom. The van der Waals surface area contributed by atoms with Crippen LogP contribution in [0.15, 0.2) is 30.3 Å². The summed E-state index contributed by atoms with van der Waals surface area (Å²) < 4.78 is 0. The molecule has 0 amide bonds. The van der Waals surface area contributed by atoms with Gasteiger partial charge >= 0.3 is 0 Å². The summed E-state index contributed by atoms with van der Waals surface area (Å²) in [6, 6.07) is 10.4. The van der Waals surface area contributed by atoms with E-state index in [2.05, 4.69) is 52.3 Å². The molecular formula is C13H20N2S. The highest BCUT2D eigenvalue weighted by atomic mass is 32.2. The average Bonchev–Trinajstić information content (AvgIpc) is 2.37. The Morgan fingerprint density at radius 3 is 2.62 bits per heavy atom. The van der Waals surface area contributed by atoms with E-state index in [-0.39, 0.29) is 0 Å². The van der Waals surface area contributed by atoms with E-state index < -0.39 is 0 Å². The second-order valence-electron chi connectivity index (χ2n) is 4.10. The Bertz CT molecular complexity index is 283. The second kappa shape index (κ2) is 6.81. The van der Waals surface area contributed by atoms with E-state index in [4.69, 9.17) is 0 Å². The maximum Gasteiger partial charge on any atom is 0.0340 e. The number of nitrogens with one attached hydrogen (secondary N) is 1. The molecular weight excluding hydrogens is 216 g/mol. The van der Waals surface area contributed by atoms with Crippen molar-refractivity contribution in [2.24, 2.45) is 0 Å². The van der Waals surface area contributed by atoms with Crippen LogP contribution in [-0.4, -0.2) is 42.6 Å². The van der Waals surface area contributed by atoms with Crippen LogP contribution < -0.4 is 5.32 Å². The van der Waals surface area contributed by atoms with Crippen LogP contribution >= 0.6 is 11.8 Å². The molecule has 2 rings (SSSR count). The van der Waals surface area contributed by atoms with Gasteiger partial charge in [0.25, 0.3) is 0 Å². The molecule has 0 aromatic heterocycles. The quantitative estimate of drug-likeness (QED) is 0.791. The SMILES string of the molecule is c1ccc(NCCCN2CCSCC2)cc1. The lowest BCUT2D eigenvalue weighted by molar-refractivity contribution is 0.301. The van der Waals surface area contributed by atoms with E-state index in [9.17, 15) is 0 Å². The third kappa shape index (κ3) is 4.06. The van der Waals surface area contributed by atoms with Gasteiger partial charge in [-0.05, 0) is 25.1 Å². The number of hydrogen-bond donors (Lipinski definition) is 1. The highest BCUT2D eigenvalue weighted by Crippen LogP contribution is 2.09. The Hall–Kier alpha value is -0.670. The molecule has 1 aromatic carbocycles. The summed E-state index contributed by atoms with van der Waals surface area (Å²) in [5.41, 5.74) is 1.23. The lowest BCUT2D eigenvalue weighted by Gasteiger charge is -2.26. The Kier molecular flexibility index (Phi) is 5.03. The maximum atomic E-state index is 3.45. The molecule has 0 unspecified atom stereocenters. The predicted octanol–water partition coefficient (Wildman–Crippen LogP) is 2.54. The smallest absolute Gasteiger partial charge is 0.0340 e. The topological polar surface area (TPSA) is 15.3 Å². The summed E-state index contributed by atoms with van der Waals surface area (Å²) in [6.07, 6.45) is 1.24. The first-order valence-electron chi connectivity index (χ1n) is 6.04. The van der Waals surface area contributed by atoms with E-state index in [0.717, 1.165) is 6.54 Å². The van der Waals surface area contributed by atoms with Crippen molar-refractivity contribution in [2.45, 2.75) is 6.42 Å². The molecule has 0 atom stereocenters. The summed E-state index contributed by atoms with van der Waals surface area (Å²) in [7, 11) is 0. The van der Waals surface area contributed by atoms with Crippen LogP contribution in [0.3, 0.4) is 0 Å². The highest BCUT2D eigenvalue weighted by Gasteiger charge is 2.08. The summed E-state index contributed by atoms with van der Waals surface area (Å²) >= 11 is 2.08. The molecule has 3 heteroatoms. The molecule has 1 aliphatic heterocycles. The number of anilines is 1. The van der Waals surface area contributed by atoms with Crippen LogP contribution in [0.25, 0.3) is 0 Å². The zero-order chi connectivity index (χ0) is 11.1. The number of thioether (sulfide) groups is 1. The molecule has 1 aliphatic rings. The molecule has 1 saturated heterocycles. The van der Waals surface area contributed by atoms with Crippen LogP contribution in [0, 0.1) is 0 Å². The molecule has 0 saturated carbocycles. The monoisotopic (exact) mass is 236 g/mol. The van der Waals surface area contributed by atoms with Gasteiger partial charge in [-0.1, -0.05) is 18.2 Å². The largest absolute Gasteiger partial charge is 0.385 e. The fourth-order valence-electron chi connectivity index (χ4n) is 1.92. The molecule has 1 N–H and O–H groups in total. The van der Waals surface area contributed by atoms with E-state index in [1.54, 1.807) is 0 Å². The first-order chi connectivity index (χ1) is 7.95. The molecule has 0 radical (unpaired) electrons. The molecule has 2 nitrogen and oxygen atoms in total. The van der Waals surface area contributed by atoms with Crippen LogP contribution in [0.1, 0.15) is 6.42 Å². The maximum absolute atomic E-state index is 3.45. The summed E-state index contributed by atoms with van der Waals surface area (Å²) in [4.78, 5) is 2.57. The zero-order valence-electron chi connectivity index (χ0n) is 9.69. The van der Waals surface area contributed by atoms with E-state index in [0.29, 0.717) is 0 Å². The third-order valence-corrected chi connectivity index (χ3v) is 3.80. The standard InChI is InChI=1S/C13H20N2S/c1-2-5-13(6-3-1)14-7-4-8-15-9-11-16-12-10-15/h1-3,5-6,14H,4,7-12H2. The summed E-state index contributed by atoms with van der Waals surface area (Å²) in [6.45, 7) is 4.86. The van der Waals surface area contributed by atoms with Crippen molar-refractivity contribution in [1.29, 1.82) is 0 Å². The first kappa shape index (κ1) is 11.8. The van der Waals surface area contributed by atoms with Gasteiger partial charge in [0, 0.05) is 36.8 Å². The van der Waals surface area contributed by atoms with Crippen molar-refractivity contribution >= 4 is 17.4 Å². The van der Waals surface area contributed by atoms with Crippen molar-refractivity contribution in [2.75, 3.05) is 43.0 Å². The number of benzene rings is 1. The fraction of sp³-hybridized carbons (Fsp3) is 0.538. The molecule has 0 aliphatic carbocycles. The predicted molar refractivity (Wildman–Crippen MR) is 73.3 cm³/mol. The van der Waals surface area contributed by atoms with Crippen LogP contribution in [0.2, 0.25) is 0 Å². The van der Waals surface area contributed by atoms with Gasteiger partial charge in [-0.3, -0.25) is 0 Å². The van der Waals surface area contributed by atoms with Crippen LogP contribution in [0.5, 0.6) is 0 Å². The second-order valence-corrected chi connectivity index (χ2v) is 5.33. The van der Waals surface area contributed by atoms with Gasteiger partial charge in [-0.2, -0.15) is 11.8 Å². The first-order valence-corrected chi connectivity index (χ1v) is 7.19. The third-order valence-electron chi connectivity index (χ3n) is 2.86. The molecule has 0 bridgehead atoms. The van der Waals surface area contributed by atoms with Crippen molar-refractivity contribution in [1.82, 2.24) is 4.90 Å². The van der Waals surface area contributed by atoms with Gasteiger partial charge in [-0.25, -0.2) is 0 Å². The summed E-state index contributed by atoms with van der Waals surface area (Å²) in [5.74, 6) is 2.62. The Labute approximate surface area is 102 Å². The van der Waals surface area contributed by atoms with Gasteiger partial charge in [0.05, 0.1) is 0 Å². The van der Waals surface area contributed by atoms with Gasteiger partial charge in [0.15, 0.2) is 0 Å². The Morgan fingerprint density at radius 2 is 1.88 bits per heavy atom. The van der Waals surface area contributed by atoms with Crippen LogP contribution in [0.4, 0.5) is 5.69 Å². The highest BCUT2D eigenvalue weighted by molar-refractivity contribution is 7.99. The average molecular weight is 236 g/mol. The van der Waals surface area contributed by atoms with Gasteiger partial charge in [0.2, 0.25) is 0 Å². The number of para-hydroxylation sites is 1. The lowest BCUT2D eigenvalue weighted by atomic mass is 10.3. The molecule has 16 heavy (non-hydrogen) atoms. The minimum atomic E-state index is 1.08. The molecule has 1 fully saturated rings. The van der Waals surface area contributed by atoms with E-state index in [1.807, 2.05) is 0 Å². The minimum absolute atomic E-state index is 1.08. The Balaban J connectivity index is 1.58. The lowest BCUT2D eigenvalue weighted by Crippen LogP contribution is -2.34. The van der Waals surface area contributed by atoms with E-state index in [1.165, 1.54) is 43.2 Å². The van der Waals surface area contributed by atoms with Crippen molar-refractivity contribution in [3.8, 4) is 0 Å². The number of nitrogens with zero attached hydrogens (tertiary/aromatic N) is 1. The fourth-order valence-corrected chi connectivity index (χ4v) is 2.89. The molecule has 88 valence electrons. The molecule has 1 heterocycles.